The minimum Gasteiger partial charge on any atom is -0.493 e. The summed E-state index contributed by atoms with van der Waals surface area (Å²) in [5.41, 5.74) is 4.46. The Morgan fingerprint density at radius 3 is 2.57 bits per heavy atom. The van der Waals surface area contributed by atoms with Crippen LogP contribution in [0.1, 0.15) is 35.7 Å². The number of rotatable bonds is 6. The molecule has 0 N–H and O–H groups in total. The van der Waals surface area contributed by atoms with Gasteiger partial charge in [0.15, 0.2) is 0 Å². The number of benzene rings is 2. The van der Waals surface area contributed by atoms with E-state index >= 15 is 0 Å². The van der Waals surface area contributed by atoms with Crippen LogP contribution in [0.4, 0.5) is 0 Å². The molecule has 28 heavy (non-hydrogen) atoms. The number of aryl methyl sites for hydroxylation is 3. The molecule has 1 amide bonds. The molecule has 1 aliphatic rings. The van der Waals surface area contributed by atoms with Gasteiger partial charge < -0.3 is 14.2 Å². The van der Waals surface area contributed by atoms with Gasteiger partial charge in [-0.2, -0.15) is 0 Å². The first-order valence-corrected chi connectivity index (χ1v) is 9.92. The molecule has 3 aromatic rings. The first-order valence-electron chi connectivity index (χ1n) is 9.92. The van der Waals surface area contributed by atoms with Crippen molar-refractivity contribution in [3.8, 4) is 5.75 Å². The van der Waals surface area contributed by atoms with E-state index in [-0.39, 0.29) is 11.8 Å². The molecule has 0 bridgehead atoms. The number of nitrogens with zero attached hydrogens (tertiary/aromatic N) is 3. The van der Waals surface area contributed by atoms with E-state index in [9.17, 15) is 4.79 Å². The number of hydrogen-bond donors (Lipinski definition) is 0. The number of fused-ring (bicyclic) bond motifs is 1. The fourth-order valence-corrected chi connectivity index (χ4v) is 4.10. The third-order valence-corrected chi connectivity index (χ3v) is 5.57. The molecular formula is C23H27N3O2. The third kappa shape index (κ3) is 3.49. The first-order chi connectivity index (χ1) is 13.5. The number of carbonyl (C=O) groups is 1. The third-order valence-electron chi connectivity index (χ3n) is 5.57. The van der Waals surface area contributed by atoms with Gasteiger partial charge in [0.2, 0.25) is 5.91 Å². The second-order valence-electron chi connectivity index (χ2n) is 7.71. The summed E-state index contributed by atoms with van der Waals surface area (Å²) in [6.07, 6.45) is 1.43. The zero-order valence-corrected chi connectivity index (χ0v) is 16.8. The SMILES string of the molecule is Cc1cccc(C)c1OCCCn1c(C2CC(=O)N(C)C2)nc2ccccc21. The van der Waals surface area contributed by atoms with Gasteiger partial charge in [0, 0.05) is 32.5 Å². The standard InChI is InChI=1S/C23H27N3O2/c1-16-8-6-9-17(2)22(16)28-13-7-12-26-20-11-5-4-10-19(20)24-23(26)18-14-21(27)25(3)15-18/h4-6,8-11,18H,7,12-15H2,1-3H3. The summed E-state index contributed by atoms with van der Waals surface area (Å²) >= 11 is 0. The van der Waals surface area contributed by atoms with E-state index in [4.69, 9.17) is 9.72 Å². The summed E-state index contributed by atoms with van der Waals surface area (Å²) in [6, 6.07) is 14.4. The number of para-hydroxylation sites is 3. The van der Waals surface area contributed by atoms with Crippen molar-refractivity contribution in [2.45, 2.75) is 39.2 Å². The maximum atomic E-state index is 12.0. The number of aromatic nitrogens is 2. The van der Waals surface area contributed by atoms with Gasteiger partial charge in [0.1, 0.15) is 11.6 Å². The van der Waals surface area contributed by atoms with E-state index in [1.807, 2.05) is 25.2 Å². The lowest BCUT2D eigenvalue weighted by atomic mass is 10.1. The molecule has 0 saturated carbocycles. The Morgan fingerprint density at radius 1 is 1.11 bits per heavy atom. The molecular weight excluding hydrogens is 350 g/mol. The van der Waals surface area contributed by atoms with Crippen LogP contribution in [0.3, 0.4) is 0 Å². The van der Waals surface area contributed by atoms with Crippen molar-refractivity contribution in [1.29, 1.82) is 0 Å². The molecule has 146 valence electrons. The summed E-state index contributed by atoms with van der Waals surface area (Å²) in [7, 11) is 1.87. The fourth-order valence-electron chi connectivity index (χ4n) is 4.10. The Kier molecular flexibility index (Phi) is 5.07. The monoisotopic (exact) mass is 377 g/mol. The molecule has 1 aliphatic heterocycles. The van der Waals surface area contributed by atoms with Crippen molar-refractivity contribution in [1.82, 2.24) is 14.5 Å². The summed E-state index contributed by atoms with van der Waals surface area (Å²) in [5.74, 6) is 2.36. The molecule has 5 heteroatoms. The van der Waals surface area contributed by atoms with Gasteiger partial charge in [-0.25, -0.2) is 4.98 Å². The molecule has 1 saturated heterocycles. The normalized spacial score (nSPS) is 16.9. The van der Waals surface area contributed by atoms with Crippen LogP contribution in [0.5, 0.6) is 5.75 Å². The lowest BCUT2D eigenvalue weighted by Crippen LogP contribution is -2.19. The van der Waals surface area contributed by atoms with Crippen molar-refractivity contribution in [3.63, 3.8) is 0 Å². The number of likely N-dealkylation sites (N-methyl/N-ethyl adjacent to an activating group) is 1. The summed E-state index contributed by atoms with van der Waals surface area (Å²) in [4.78, 5) is 18.7. The molecule has 0 spiro atoms. The Balaban J connectivity index is 1.51. The highest BCUT2D eigenvalue weighted by atomic mass is 16.5. The second kappa shape index (κ2) is 7.66. The van der Waals surface area contributed by atoms with Crippen LogP contribution in [0, 0.1) is 13.8 Å². The van der Waals surface area contributed by atoms with E-state index < -0.39 is 0 Å². The zero-order valence-electron chi connectivity index (χ0n) is 16.8. The van der Waals surface area contributed by atoms with Crippen LogP contribution in [0.2, 0.25) is 0 Å². The maximum absolute atomic E-state index is 12.0. The molecule has 0 aliphatic carbocycles. The van der Waals surface area contributed by atoms with Crippen molar-refractivity contribution >= 4 is 16.9 Å². The lowest BCUT2D eigenvalue weighted by Gasteiger charge is -2.15. The molecule has 2 heterocycles. The zero-order chi connectivity index (χ0) is 19.7. The highest BCUT2D eigenvalue weighted by Gasteiger charge is 2.31. The van der Waals surface area contributed by atoms with Crippen LogP contribution >= 0.6 is 0 Å². The summed E-state index contributed by atoms with van der Waals surface area (Å²) in [5, 5.41) is 0. The molecule has 1 aromatic heterocycles. The molecule has 1 atom stereocenters. The van der Waals surface area contributed by atoms with Gasteiger partial charge in [-0.3, -0.25) is 4.79 Å². The average molecular weight is 377 g/mol. The van der Waals surface area contributed by atoms with Crippen molar-refractivity contribution in [3.05, 3.63) is 59.4 Å². The van der Waals surface area contributed by atoms with Gasteiger partial charge in [-0.15, -0.1) is 0 Å². The van der Waals surface area contributed by atoms with Crippen molar-refractivity contribution in [2.75, 3.05) is 20.2 Å². The highest BCUT2D eigenvalue weighted by molar-refractivity contribution is 5.80. The minimum atomic E-state index is 0.157. The van der Waals surface area contributed by atoms with E-state index in [1.165, 1.54) is 11.1 Å². The van der Waals surface area contributed by atoms with Crippen molar-refractivity contribution in [2.24, 2.45) is 0 Å². The van der Waals surface area contributed by atoms with Gasteiger partial charge in [-0.1, -0.05) is 30.3 Å². The number of ether oxygens (including phenoxy) is 1. The number of imidazole rings is 1. The van der Waals surface area contributed by atoms with Crippen LogP contribution in [0.15, 0.2) is 42.5 Å². The van der Waals surface area contributed by atoms with Crippen LogP contribution in [-0.2, 0) is 11.3 Å². The van der Waals surface area contributed by atoms with E-state index in [2.05, 4.69) is 42.7 Å². The Bertz CT molecular complexity index is 988. The van der Waals surface area contributed by atoms with E-state index in [1.54, 1.807) is 4.90 Å². The highest BCUT2D eigenvalue weighted by Crippen LogP contribution is 2.30. The maximum Gasteiger partial charge on any atom is 0.223 e. The van der Waals surface area contributed by atoms with Crippen LogP contribution < -0.4 is 4.74 Å². The molecule has 1 unspecified atom stereocenters. The van der Waals surface area contributed by atoms with Crippen molar-refractivity contribution < 1.29 is 9.53 Å². The number of carbonyl (C=O) groups excluding carboxylic acids is 1. The summed E-state index contributed by atoms with van der Waals surface area (Å²) < 4.78 is 8.36. The van der Waals surface area contributed by atoms with E-state index in [0.717, 1.165) is 42.1 Å². The van der Waals surface area contributed by atoms with Gasteiger partial charge in [0.05, 0.1) is 17.6 Å². The lowest BCUT2D eigenvalue weighted by molar-refractivity contribution is -0.126. The molecule has 2 aromatic carbocycles. The predicted octanol–water partition coefficient (Wildman–Crippen LogP) is 4.07. The Hall–Kier alpha value is -2.82. The molecule has 0 radical (unpaired) electrons. The smallest absolute Gasteiger partial charge is 0.223 e. The Labute approximate surface area is 165 Å². The fraction of sp³-hybridized carbons (Fsp3) is 0.391. The number of hydrogen-bond acceptors (Lipinski definition) is 3. The van der Waals surface area contributed by atoms with Gasteiger partial charge in [0.25, 0.3) is 0 Å². The van der Waals surface area contributed by atoms with Crippen LogP contribution in [-0.4, -0.2) is 40.6 Å². The predicted molar refractivity (Wildman–Crippen MR) is 111 cm³/mol. The Morgan fingerprint density at radius 2 is 1.86 bits per heavy atom. The largest absolute Gasteiger partial charge is 0.493 e. The number of likely N-dealkylation sites (tertiary alicyclic amines) is 1. The average Bonchev–Trinajstić information content (AvgIpc) is 3.21. The van der Waals surface area contributed by atoms with Crippen LogP contribution in [0.25, 0.3) is 11.0 Å². The van der Waals surface area contributed by atoms with E-state index in [0.29, 0.717) is 13.0 Å². The topological polar surface area (TPSA) is 47.4 Å². The summed E-state index contributed by atoms with van der Waals surface area (Å²) in [6.45, 7) is 6.38. The number of amides is 1. The molecule has 5 nitrogen and oxygen atoms in total. The van der Waals surface area contributed by atoms with Gasteiger partial charge in [-0.05, 0) is 43.5 Å². The molecule has 4 rings (SSSR count). The quantitative estimate of drug-likeness (QED) is 0.609. The minimum absolute atomic E-state index is 0.157. The first kappa shape index (κ1) is 18.5. The molecule has 1 fully saturated rings. The second-order valence-corrected chi connectivity index (χ2v) is 7.71. The van der Waals surface area contributed by atoms with Gasteiger partial charge >= 0.3 is 0 Å².